The Hall–Kier alpha value is -3.72. The van der Waals surface area contributed by atoms with E-state index in [1.807, 2.05) is 31.5 Å². The number of unbranched alkanes of at least 4 members (excludes halogenated alkanes) is 10. The Bertz CT molecular complexity index is 1250. The first kappa shape index (κ1) is 32.8. The molecule has 0 aliphatic carbocycles. The summed E-state index contributed by atoms with van der Waals surface area (Å²) in [5.74, 6) is 1.01. The number of hydrogen-bond donors (Lipinski definition) is 0. The molecule has 224 valence electrons. The molecule has 1 unspecified atom stereocenters. The van der Waals surface area contributed by atoms with Gasteiger partial charge in [-0.25, -0.2) is 14.8 Å². The number of nitriles is 1. The van der Waals surface area contributed by atoms with E-state index < -0.39 is 5.97 Å². The Balaban J connectivity index is 1.48. The molecule has 0 saturated heterocycles. The van der Waals surface area contributed by atoms with Crippen LogP contribution in [0.4, 0.5) is 0 Å². The van der Waals surface area contributed by atoms with E-state index in [-0.39, 0.29) is 6.10 Å². The van der Waals surface area contributed by atoms with Gasteiger partial charge in [-0.2, -0.15) is 5.26 Å². The lowest BCUT2D eigenvalue weighted by molar-refractivity contribution is 0.0734. The second kappa shape index (κ2) is 18.7. The summed E-state index contributed by atoms with van der Waals surface area (Å²) in [6.45, 7) is 6.45. The molecule has 42 heavy (non-hydrogen) atoms. The van der Waals surface area contributed by atoms with Crippen LogP contribution in [0.25, 0.3) is 11.4 Å². The third kappa shape index (κ3) is 11.3. The van der Waals surface area contributed by atoms with Crippen LogP contribution in [0, 0.1) is 11.3 Å². The summed E-state index contributed by atoms with van der Waals surface area (Å²) in [5.41, 5.74) is 2.63. The van der Waals surface area contributed by atoms with Gasteiger partial charge in [-0.3, -0.25) is 0 Å². The summed E-state index contributed by atoms with van der Waals surface area (Å²) in [6.07, 6.45) is 20.9. The monoisotopic (exact) mass is 569 g/mol. The topological polar surface area (TPSA) is 85.1 Å². The molecule has 0 radical (unpaired) electrons. The summed E-state index contributed by atoms with van der Waals surface area (Å²) in [7, 11) is 0. The summed E-state index contributed by atoms with van der Waals surface area (Å²) >= 11 is 0. The van der Waals surface area contributed by atoms with Crippen molar-refractivity contribution in [1.29, 1.82) is 5.26 Å². The highest BCUT2D eigenvalue weighted by Crippen LogP contribution is 2.24. The van der Waals surface area contributed by atoms with Crippen LogP contribution in [0.1, 0.15) is 126 Å². The fourth-order valence-corrected chi connectivity index (χ4v) is 4.92. The number of benzene rings is 2. The van der Waals surface area contributed by atoms with E-state index in [4.69, 9.17) is 9.47 Å². The standard InChI is InChI=1S/C36H47N3O3/c1-4-6-8-10-11-12-13-15-17-29-26-38-35(39-27-29)30-18-21-33(22-19-30)42-36(40)31-20-23-34(32(24-31)25-37)41-28(3)16-14-9-7-5-2/h18-24,26-28H,4-17H2,1-3H3. The van der Waals surface area contributed by atoms with Crippen LogP contribution >= 0.6 is 0 Å². The molecule has 6 heteroatoms. The minimum absolute atomic E-state index is 0.000333. The van der Waals surface area contributed by atoms with Crippen LogP contribution in [0.3, 0.4) is 0 Å². The van der Waals surface area contributed by atoms with Gasteiger partial charge in [-0.1, -0.05) is 78.1 Å². The van der Waals surface area contributed by atoms with Crippen LogP contribution in [-0.4, -0.2) is 22.0 Å². The van der Waals surface area contributed by atoms with Gasteiger partial charge in [-0.15, -0.1) is 0 Å². The van der Waals surface area contributed by atoms with Gasteiger partial charge in [0.2, 0.25) is 0 Å². The predicted octanol–water partition coefficient (Wildman–Crippen LogP) is 9.66. The zero-order valence-corrected chi connectivity index (χ0v) is 25.7. The number of rotatable bonds is 19. The number of ether oxygens (including phenoxy) is 2. The van der Waals surface area contributed by atoms with E-state index in [1.165, 1.54) is 76.7 Å². The SMILES string of the molecule is CCCCCCCCCCc1cnc(-c2ccc(OC(=O)c3ccc(OC(C)CCCCCC)c(C#N)c3)cc2)nc1. The van der Waals surface area contributed by atoms with Gasteiger partial charge in [0, 0.05) is 18.0 Å². The molecule has 0 N–H and O–H groups in total. The maximum atomic E-state index is 12.8. The Morgan fingerprint density at radius 3 is 2.10 bits per heavy atom. The maximum absolute atomic E-state index is 12.8. The lowest BCUT2D eigenvalue weighted by Crippen LogP contribution is -2.13. The number of aryl methyl sites for hydroxylation is 1. The van der Waals surface area contributed by atoms with Crippen molar-refractivity contribution in [3.8, 4) is 29.0 Å². The number of nitrogens with zero attached hydrogens (tertiary/aromatic N) is 3. The minimum atomic E-state index is -0.528. The van der Waals surface area contributed by atoms with Gasteiger partial charge >= 0.3 is 5.97 Å². The Kier molecular flexibility index (Phi) is 14.6. The predicted molar refractivity (Wildman–Crippen MR) is 169 cm³/mol. The molecule has 0 bridgehead atoms. The number of hydrogen-bond acceptors (Lipinski definition) is 6. The van der Waals surface area contributed by atoms with Crippen molar-refractivity contribution >= 4 is 5.97 Å². The van der Waals surface area contributed by atoms with Gasteiger partial charge in [0.1, 0.15) is 17.6 Å². The summed E-state index contributed by atoms with van der Waals surface area (Å²) in [6, 6.07) is 14.1. The van der Waals surface area contributed by atoms with E-state index in [1.54, 1.807) is 24.3 Å². The lowest BCUT2D eigenvalue weighted by atomic mass is 10.1. The zero-order valence-electron chi connectivity index (χ0n) is 25.7. The van der Waals surface area contributed by atoms with E-state index in [9.17, 15) is 10.1 Å². The maximum Gasteiger partial charge on any atom is 0.343 e. The molecular formula is C36H47N3O3. The summed E-state index contributed by atoms with van der Waals surface area (Å²) < 4.78 is 11.6. The van der Waals surface area contributed by atoms with Crippen molar-refractivity contribution in [3.05, 3.63) is 71.5 Å². The first-order chi connectivity index (χ1) is 20.5. The number of esters is 1. The normalized spacial score (nSPS) is 11.6. The molecule has 0 aliphatic rings. The molecule has 1 heterocycles. The highest BCUT2D eigenvalue weighted by Gasteiger charge is 2.15. The number of aromatic nitrogens is 2. The molecular weight excluding hydrogens is 522 g/mol. The highest BCUT2D eigenvalue weighted by atomic mass is 16.5. The Morgan fingerprint density at radius 2 is 1.45 bits per heavy atom. The van der Waals surface area contributed by atoms with Crippen molar-refractivity contribution in [3.63, 3.8) is 0 Å². The van der Waals surface area contributed by atoms with Gasteiger partial charge < -0.3 is 9.47 Å². The van der Waals surface area contributed by atoms with Gasteiger partial charge in [0.15, 0.2) is 5.82 Å². The molecule has 1 atom stereocenters. The van der Waals surface area contributed by atoms with Crippen LogP contribution in [-0.2, 0) is 6.42 Å². The third-order valence-corrected chi connectivity index (χ3v) is 7.48. The molecule has 3 rings (SSSR count). The van der Waals surface area contributed by atoms with Gasteiger partial charge in [0.05, 0.1) is 17.2 Å². The molecule has 0 amide bonds. The average Bonchev–Trinajstić information content (AvgIpc) is 3.01. The molecule has 2 aromatic carbocycles. The van der Waals surface area contributed by atoms with Crippen LogP contribution in [0.5, 0.6) is 11.5 Å². The second-order valence-electron chi connectivity index (χ2n) is 11.2. The first-order valence-corrected chi connectivity index (χ1v) is 15.9. The molecule has 0 fully saturated rings. The van der Waals surface area contributed by atoms with Crippen molar-refractivity contribution < 1.29 is 14.3 Å². The summed E-state index contributed by atoms with van der Waals surface area (Å²) in [5, 5.41) is 9.63. The van der Waals surface area contributed by atoms with E-state index in [0.717, 1.165) is 30.4 Å². The quantitative estimate of drug-likeness (QED) is 0.0811. The van der Waals surface area contributed by atoms with E-state index in [2.05, 4.69) is 29.9 Å². The van der Waals surface area contributed by atoms with E-state index >= 15 is 0 Å². The van der Waals surface area contributed by atoms with Crippen molar-refractivity contribution in [2.24, 2.45) is 0 Å². The van der Waals surface area contributed by atoms with Gasteiger partial charge in [-0.05, 0) is 80.6 Å². The van der Waals surface area contributed by atoms with Crippen molar-refractivity contribution in [1.82, 2.24) is 9.97 Å². The fraction of sp³-hybridized carbons (Fsp3) is 0.500. The highest BCUT2D eigenvalue weighted by molar-refractivity contribution is 5.91. The largest absolute Gasteiger partial charge is 0.489 e. The molecule has 0 saturated carbocycles. The first-order valence-electron chi connectivity index (χ1n) is 15.9. The summed E-state index contributed by atoms with van der Waals surface area (Å²) in [4.78, 5) is 21.9. The molecule has 6 nitrogen and oxygen atoms in total. The third-order valence-electron chi connectivity index (χ3n) is 7.48. The van der Waals surface area contributed by atoms with Crippen LogP contribution in [0.15, 0.2) is 54.9 Å². The van der Waals surface area contributed by atoms with Crippen LogP contribution < -0.4 is 9.47 Å². The average molecular weight is 570 g/mol. The number of carbonyl (C=O) groups excluding carboxylic acids is 1. The smallest absolute Gasteiger partial charge is 0.343 e. The fourth-order valence-electron chi connectivity index (χ4n) is 4.92. The Morgan fingerprint density at radius 1 is 0.833 bits per heavy atom. The molecule has 0 aliphatic heterocycles. The zero-order chi connectivity index (χ0) is 30.0. The second-order valence-corrected chi connectivity index (χ2v) is 11.2. The van der Waals surface area contributed by atoms with Gasteiger partial charge in [0.25, 0.3) is 0 Å². The number of carbonyl (C=O) groups is 1. The molecule has 1 aromatic heterocycles. The van der Waals surface area contributed by atoms with Crippen molar-refractivity contribution in [2.45, 2.75) is 117 Å². The van der Waals surface area contributed by atoms with E-state index in [0.29, 0.717) is 28.5 Å². The Labute approximate surface area is 252 Å². The van der Waals surface area contributed by atoms with Crippen LogP contribution in [0.2, 0.25) is 0 Å². The molecule has 3 aromatic rings. The molecule has 0 spiro atoms. The van der Waals surface area contributed by atoms with Crippen molar-refractivity contribution in [2.75, 3.05) is 0 Å². The lowest BCUT2D eigenvalue weighted by Gasteiger charge is -2.16. The minimum Gasteiger partial charge on any atom is -0.489 e.